The third kappa shape index (κ3) is 4.81. The maximum absolute atomic E-state index is 12.9. The molecule has 0 fully saturated rings. The van der Waals surface area contributed by atoms with Crippen LogP contribution in [0.15, 0.2) is 45.6 Å². The van der Waals surface area contributed by atoms with Gasteiger partial charge in [0.25, 0.3) is 6.43 Å². The zero-order chi connectivity index (χ0) is 19.6. The average molecular weight is 503 g/mol. The molecule has 2 heterocycles. The van der Waals surface area contributed by atoms with Gasteiger partial charge in [0.05, 0.1) is 27.4 Å². The first-order chi connectivity index (χ1) is 12.8. The maximum atomic E-state index is 12.9. The molecule has 0 aliphatic rings. The minimum atomic E-state index is -2.71. The SMILES string of the molecule is Cc1c(Br)c(C(F)F)nn1CC(=O)Nc1cccc(Cn2cc(Br)cn2)c1. The average Bonchev–Trinajstić information content (AvgIpc) is 3.13. The van der Waals surface area contributed by atoms with Crippen LogP contribution in [0.3, 0.4) is 0 Å². The van der Waals surface area contributed by atoms with Crippen molar-refractivity contribution in [3.8, 4) is 0 Å². The number of alkyl halides is 2. The molecule has 0 aliphatic heterocycles. The molecule has 6 nitrogen and oxygen atoms in total. The summed E-state index contributed by atoms with van der Waals surface area (Å²) in [5, 5.41) is 10.8. The highest BCUT2D eigenvalue weighted by Gasteiger charge is 2.21. The van der Waals surface area contributed by atoms with Crippen molar-refractivity contribution in [2.75, 3.05) is 5.32 Å². The number of benzene rings is 1. The monoisotopic (exact) mass is 501 g/mol. The first kappa shape index (κ1) is 19.7. The number of hydrogen-bond donors (Lipinski definition) is 1. The van der Waals surface area contributed by atoms with Gasteiger partial charge in [0.1, 0.15) is 12.2 Å². The van der Waals surface area contributed by atoms with E-state index in [4.69, 9.17) is 0 Å². The van der Waals surface area contributed by atoms with E-state index < -0.39 is 6.43 Å². The van der Waals surface area contributed by atoms with E-state index in [2.05, 4.69) is 47.4 Å². The van der Waals surface area contributed by atoms with Gasteiger partial charge in [0.2, 0.25) is 5.91 Å². The predicted molar refractivity (Wildman–Crippen MR) is 104 cm³/mol. The molecule has 0 saturated carbocycles. The predicted octanol–water partition coefficient (Wildman–Crippen LogP) is 4.54. The molecule has 142 valence electrons. The van der Waals surface area contributed by atoms with Gasteiger partial charge in [-0.05, 0) is 56.5 Å². The Morgan fingerprint density at radius 2 is 2.11 bits per heavy atom. The molecule has 1 N–H and O–H groups in total. The molecular weight excluding hydrogens is 488 g/mol. The molecule has 0 radical (unpaired) electrons. The van der Waals surface area contributed by atoms with Crippen molar-refractivity contribution < 1.29 is 13.6 Å². The van der Waals surface area contributed by atoms with Crippen LogP contribution in [-0.2, 0) is 17.9 Å². The number of anilines is 1. The summed E-state index contributed by atoms with van der Waals surface area (Å²) in [7, 11) is 0. The van der Waals surface area contributed by atoms with E-state index in [9.17, 15) is 13.6 Å². The van der Waals surface area contributed by atoms with Gasteiger partial charge in [-0.25, -0.2) is 8.78 Å². The van der Waals surface area contributed by atoms with Crippen LogP contribution in [0.4, 0.5) is 14.5 Å². The van der Waals surface area contributed by atoms with E-state index in [1.807, 2.05) is 24.4 Å². The summed E-state index contributed by atoms with van der Waals surface area (Å²) in [5.41, 5.74) is 1.68. The van der Waals surface area contributed by atoms with E-state index in [0.717, 1.165) is 10.0 Å². The van der Waals surface area contributed by atoms with Gasteiger partial charge in [0, 0.05) is 11.9 Å². The van der Waals surface area contributed by atoms with Gasteiger partial charge in [-0.3, -0.25) is 14.2 Å². The highest BCUT2D eigenvalue weighted by Crippen LogP contribution is 2.29. The summed E-state index contributed by atoms with van der Waals surface area (Å²) >= 11 is 6.44. The largest absolute Gasteiger partial charge is 0.324 e. The van der Waals surface area contributed by atoms with Crippen molar-refractivity contribution >= 4 is 43.5 Å². The van der Waals surface area contributed by atoms with Crippen LogP contribution >= 0.6 is 31.9 Å². The van der Waals surface area contributed by atoms with Crippen LogP contribution < -0.4 is 5.32 Å². The number of carbonyl (C=O) groups is 1. The summed E-state index contributed by atoms with van der Waals surface area (Å²) < 4.78 is 30.0. The van der Waals surface area contributed by atoms with E-state index in [0.29, 0.717) is 17.9 Å². The minimum Gasteiger partial charge on any atom is -0.324 e. The Bertz CT molecular complexity index is 970. The number of aromatic nitrogens is 4. The molecule has 27 heavy (non-hydrogen) atoms. The van der Waals surface area contributed by atoms with Crippen molar-refractivity contribution in [2.24, 2.45) is 0 Å². The maximum Gasteiger partial charge on any atom is 0.283 e. The van der Waals surface area contributed by atoms with E-state index in [-0.39, 0.29) is 22.6 Å². The van der Waals surface area contributed by atoms with Gasteiger partial charge in [-0.15, -0.1) is 0 Å². The molecule has 0 bridgehead atoms. The zero-order valence-corrected chi connectivity index (χ0v) is 17.3. The Kier molecular flexibility index (Phi) is 6.05. The van der Waals surface area contributed by atoms with Crippen molar-refractivity contribution in [3.63, 3.8) is 0 Å². The zero-order valence-electron chi connectivity index (χ0n) is 14.2. The van der Waals surface area contributed by atoms with Crippen molar-refractivity contribution in [1.82, 2.24) is 19.6 Å². The van der Waals surface area contributed by atoms with Crippen molar-refractivity contribution in [3.05, 3.63) is 62.6 Å². The van der Waals surface area contributed by atoms with Crippen LogP contribution in [0.2, 0.25) is 0 Å². The first-order valence-electron chi connectivity index (χ1n) is 7.91. The molecule has 0 saturated heterocycles. The van der Waals surface area contributed by atoms with Gasteiger partial charge in [-0.1, -0.05) is 12.1 Å². The molecule has 0 spiro atoms. The molecule has 1 aromatic carbocycles. The first-order valence-corrected chi connectivity index (χ1v) is 9.50. The molecule has 3 rings (SSSR count). The van der Waals surface area contributed by atoms with Crippen LogP contribution in [0.5, 0.6) is 0 Å². The van der Waals surface area contributed by atoms with Crippen molar-refractivity contribution in [2.45, 2.75) is 26.4 Å². The second-order valence-corrected chi connectivity index (χ2v) is 7.56. The summed E-state index contributed by atoms with van der Waals surface area (Å²) in [6.45, 7) is 2.02. The number of rotatable bonds is 6. The van der Waals surface area contributed by atoms with Crippen LogP contribution in [0.25, 0.3) is 0 Å². The number of amides is 1. The molecule has 1 amide bonds. The lowest BCUT2D eigenvalue weighted by molar-refractivity contribution is -0.117. The highest BCUT2D eigenvalue weighted by atomic mass is 79.9. The van der Waals surface area contributed by atoms with E-state index in [1.165, 1.54) is 4.68 Å². The molecule has 0 atom stereocenters. The van der Waals surface area contributed by atoms with E-state index in [1.54, 1.807) is 23.9 Å². The van der Waals surface area contributed by atoms with Crippen LogP contribution in [0.1, 0.15) is 23.4 Å². The summed E-state index contributed by atoms with van der Waals surface area (Å²) in [4.78, 5) is 12.3. The number of nitrogens with one attached hydrogen (secondary N) is 1. The number of nitrogens with zero attached hydrogens (tertiary/aromatic N) is 4. The quantitative estimate of drug-likeness (QED) is 0.538. The lowest BCUT2D eigenvalue weighted by atomic mass is 10.2. The molecule has 0 unspecified atom stereocenters. The Labute approximate surface area is 170 Å². The molecule has 0 aliphatic carbocycles. The number of carbonyl (C=O) groups excluding carboxylic acids is 1. The highest BCUT2D eigenvalue weighted by molar-refractivity contribution is 9.10. The normalized spacial score (nSPS) is 11.2. The van der Waals surface area contributed by atoms with Crippen LogP contribution in [0, 0.1) is 6.92 Å². The summed E-state index contributed by atoms with van der Waals surface area (Å²) in [5.74, 6) is -0.354. The van der Waals surface area contributed by atoms with Crippen molar-refractivity contribution in [1.29, 1.82) is 0 Å². The Balaban J connectivity index is 1.68. The Morgan fingerprint density at radius 1 is 1.33 bits per heavy atom. The smallest absolute Gasteiger partial charge is 0.283 e. The Hall–Kier alpha value is -2.07. The number of halogens is 4. The summed E-state index contributed by atoms with van der Waals surface area (Å²) in [6, 6.07) is 7.35. The second kappa shape index (κ2) is 8.30. The molecule has 10 heteroatoms. The fourth-order valence-electron chi connectivity index (χ4n) is 2.54. The fourth-order valence-corrected chi connectivity index (χ4v) is 3.32. The van der Waals surface area contributed by atoms with E-state index >= 15 is 0 Å². The minimum absolute atomic E-state index is 0.159. The van der Waals surface area contributed by atoms with Crippen LogP contribution in [-0.4, -0.2) is 25.5 Å². The lowest BCUT2D eigenvalue weighted by Gasteiger charge is -2.09. The molecule has 2 aromatic heterocycles. The third-order valence-electron chi connectivity index (χ3n) is 3.82. The third-order valence-corrected chi connectivity index (χ3v) is 5.20. The van der Waals surface area contributed by atoms with Gasteiger partial charge < -0.3 is 5.32 Å². The standard InChI is InChI=1S/C17H15Br2F2N5O/c1-10-15(19)16(17(20)21)24-26(10)9-14(27)23-13-4-2-3-11(5-13)7-25-8-12(18)6-22-25/h2-6,8,17H,7,9H2,1H3,(H,23,27). The molecule has 3 aromatic rings. The van der Waals surface area contributed by atoms with Gasteiger partial charge in [-0.2, -0.15) is 10.2 Å². The van der Waals surface area contributed by atoms with Gasteiger partial charge >= 0.3 is 0 Å². The Morgan fingerprint density at radius 3 is 2.74 bits per heavy atom. The summed E-state index contributed by atoms with van der Waals surface area (Å²) in [6.07, 6.45) is 0.843. The number of hydrogen-bond acceptors (Lipinski definition) is 3. The fraction of sp³-hybridized carbons (Fsp3) is 0.235. The van der Waals surface area contributed by atoms with Gasteiger partial charge in [0.15, 0.2) is 0 Å². The topological polar surface area (TPSA) is 64.7 Å². The second-order valence-electron chi connectivity index (χ2n) is 5.85. The molecular formula is C17H15Br2F2N5O. The lowest BCUT2D eigenvalue weighted by Crippen LogP contribution is -2.20.